The number of benzene rings is 2. The first-order valence-electron chi connectivity index (χ1n) is 8.95. The Labute approximate surface area is 160 Å². The molecule has 1 saturated heterocycles. The topological polar surface area (TPSA) is 41.6 Å². The predicted molar refractivity (Wildman–Crippen MR) is 99.7 cm³/mol. The Morgan fingerprint density at radius 3 is 2.81 bits per heavy atom. The first-order chi connectivity index (χ1) is 13.1. The summed E-state index contributed by atoms with van der Waals surface area (Å²) in [6.45, 7) is 1.30. The van der Waals surface area contributed by atoms with E-state index in [1.165, 1.54) is 30.0 Å². The Balaban J connectivity index is 1.44. The van der Waals surface area contributed by atoms with Crippen LogP contribution < -0.4 is 5.32 Å². The van der Waals surface area contributed by atoms with Crippen LogP contribution in [0.3, 0.4) is 0 Å². The Kier molecular flexibility index (Phi) is 5.31. The largest absolute Gasteiger partial charge is 0.370 e. The molecule has 2 aromatic rings. The maximum absolute atomic E-state index is 14.0. The number of carbonyl (C=O) groups excluding carboxylic acids is 1. The molecular weight excluding hydrogens is 370 g/mol. The Hall–Kier alpha value is -2.12. The third kappa shape index (κ3) is 3.94. The minimum absolute atomic E-state index is 0.183. The maximum Gasteiger partial charge on any atom is 0.318 e. The second-order valence-corrected chi connectivity index (χ2v) is 7.76. The highest BCUT2D eigenvalue weighted by molar-refractivity contribution is 7.99. The lowest BCUT2D eigenvalue weighted by molar-refractivity contribution is -0.0158. The minimum atomic E-state index is -0.301. The zero-order chi connectivity index (χ0) is 18.8. The number of morpholine rings is 1. The van der Waals surface area contributed by atoms with Crippen molar-refractivity contribution in [3.8, 4) is 0 Å². The summed E-state index contributed by atoms with van der Waals surface area (Å²) in [4.78, 5) is 15.1. The van der Waals surface area contributed by atoms with Gasteiger partial charge in [-0.15, -0.1) is 11.8 Å². The number of ether oxygens (including phenoxy) is 1. The Bertz CT molecular complexity index is 831. The lowest BCUT2D eigenvalue weighted by atomic mass is 10.0. The number of carbonyl (C=O) groups is 1. The number of rotatable bonds is 2. The number of hydrogen-bond donors (Lipinski definition) is 1. The van der Waals surface area contributed by atoms with Crippen molar-refractivity contribution in [2.75, 3.05) is 25.4 Å². The molecule has 2 amide bonds. The molecule has 2 aliphatic rings. The van der Waals surface area contributed by atoms with Gasteiger partial charge < -0.3 is 15.0 Å². The fraction of sp³-hybridized carbons (Fsp3) is 0.350. The number of nitrogens with zero attached hydrogens (tertiary/aromatic N) is 1. The number of urea groups is 1. The molecule has 1 N–H and O–H groups in total. The average Bonchev–Trinajstić information content (AvgIpc) is 2.69. The average molecular weight is 390 g/mol. The van der Waals surface area contributed by atoms with Crippen molar-refractivity contribution >= 4 is 17.8 Å². The molecule has 0 aromatic heterocycles. The lowest BCUT2D eigenvalue weighted by Gasteiger charge is -2.35. The van der Waals surface area contributed by atoms with Crippen LogP contribution in [0.15, 0.2) is 47.4 Å². The van der Waals surface area contributed by atoms with Gasteiger partial charge in [0.1, 0.15) is 17.7 Å². The highest BCUT2D eigenvalue weighted by atomic mass is 32.2. The molecule has 27 heavy (non-hydrogen) atoms. The van der Waals surface area contributed by atoms with Crippen molar-refractivity contribution in [3.05, 3.63) is 65.2 Å². The monoisotopic (exact) mass is 390 g/mol. The molecule has 2 atom stereocenters. The van der Waals surface area contributed by atoms with Gasteiger partial charge in [-0.3, -0.25) is 0 Å². The van der Waals surface area contributed by atoms with Crippen molar-refractivity contribution in [3.63, 3.8) is 0 Å². The molecule has 142 valence electrons. The van der Waals surface area contributed by atoms with Gasteiger partial charge in [-0.25, -0.2) is 13.6 Å². The van der Waals surface area contributed by atoms with Gasteiger partial charge in [0, 0.05) is 17.2 Å². The first-order valence-corrected chi connectivity index (χ1v) is 9.94. The van der Waals surface area contributed by atoms with E-state index in [0.717, 1.165) is 23.3 Å². The van der Waals surface area contributed by atoms with Crippen LogP contribution >= 0.6 is 11.8 Å². The summed E-state index contributed by atoms with van der Waals surface area (Å²) in [6, 6.07) is 10.8. The van der Waals surface area contributed by atoms with E-state index in [0.29, 0.717) is 24.6 Å². The molecule has 7 heteroatoms. The first kappa shape index (κ1) is 18.3. The smallest absolute Gasteiger partial charge is 0.318 e. The zero-order valence-corrected chi connectivity index (χ0v) is 15.5. The van der Waals surface area contributed by atoms with Crippen LogP contribution in [0.4, 0.5) is 13.6 Å². The quantitative estimate of drug-likeness (QED) is 0.832. The fourth-order valence-electron chi connectivity index (χ4n) is 3.49. The van der Waals surface area contributed by atoms with E-state index in [2.05, 4.69) is 5.32 Å². The van der Waals surface area contributed by atoms with Gasteiger partial charge in [0.2, 0.25) is 0 Å². The molecule has 2 aromatic carbocycles. The van der Waals surface area contributed by atoms with Crippen LogP contribution in [0.25, 0.3) is 0 Å². The van der Waals surface area contributed by atoms with Gasteiger partial charge in [0.15, 0.2) is 0 Å². The Morgan fingerprint density at radius 2 is 2.00 bits per heavy atom. The van der Waals surface area contributed by atoms with Gasteiger partial charge in [-0.05, 0) is 35.7 Å². The molecule has 4 nitrogen and oxygen atoms in total. The van der Waals surface area contributed by atoms with Crippen LogP contribution in [0, 0.1) is 11.6 Å². The highest BCUT2D eigenvalue weighted by Gasteiger charge is 2.29. The maximum atomic E-state index is 14.0. The summed E-state index contributed by atoms with van der Waals surface area (Å²) in [5.41, 5.74) is 1.68. The highest BCUT2D eigenvalue weighted by Crippen LogP contribution is 2.37. The van der Waals surface area contributed by atoms with Crippen molar-refractivity contribution < 1.29 is 18.3 Å². The molecular formula is C20H20F2N2O2S. The number of halogens is 2. The lowest BCUT2D eigenvalue weighted by Crippen LogP contribution is -2.48. The van der Waals surface area contributed by atoms with E-state index in [1.807, 2.05) is 6.07 Å². The van der Waals surface area contributed by atoms with E-state index in [-0.39, 0.29) is 29.8 Å². The number of amides is 2. The van der Waals surface area contributed by atoms with E-state index >= 15 is 0 Å². The predicted octanol–water partition coefficient (Wildman–Crippen LogP) is 4.28. The van der Waals surface area contributed by atoms with Crippen LogP contribution in [0.5, 0.6) is 0 Å². The normalized spacial score (nSPS) is 22.2. The molecule has 0 saturated carbocycles. The second kappa shape index (κ2) is 7.86. The Morgan fingerprint density at radius 1 is 1.19 bits per heavy atom. The van der Waals surface area contributed by atoms with E-state index < -0.39 is 0 Å². The van der Waals surface area contributed by atoms with Crippen LogP contribution in [0.1, 0.15) is 29.7 Å². The molecule has 0 bridgehead atoms. The van der Waals surface area contributed by atoms with Gasteiger partial charge in [0.25, 0.3) is 0 Å². The summed E-state index contributed by atoms with van der Waals surface area (Å²) in [5.74, 6) is 0.227. The number of nitrogens with one attached hydrogen (secondary N) is 1. The number of fused-ring (bicyclic) bond motifs is 1. The van der Waals surface area contributed by atoms with Gasteiger partial charge >= 0.3 is 6.03 Å². The molecule has 4 rings (SSSR count). The summed E-state index contributed by atoms with van der Waals surface area (Å²) in [7, 11) is 0. The molecule has 1 fully saturated rings. The number of hydrogen-bond acceptors (Lipinski definition) is 3. The summed E-state index contributed by atoms with van der Waals surface area (Å²) in [6.07, 6.45) is 0.482. The van der Waals surface area contributed by atoms with Gasteiger partial charge in [0.05, 0.1) is 19.2 Å². The summed E-state index contributed by atoms with van der Waals surface area (Å²) >= 11 is 1.49. The third-order valence-corrected chi connectivity index (χ3v) is 6.08. The summed E-state index contributed by atoms with van der Waals surface area (Å²) in [5, 5.41) is 3.04. The molecule has 0 radical (unpaired) electrons. The molecule has 0 aliphatic carbocycles. The van der Waals surface area contributed by atoms with E-state index in [9.17, 15) is 13.6 Å². The fourth-order valence-corrected chi connectivity index (χ4v) is 4.63. The standard InChI is InChI=1S/C20H20F2N2O2S/c21-14-6-4-13(5-7-14)18-12-24(9-10-26-18)20(25)23-17-8-11-27-19-15(17)2-1-3-16(19)22/h1-7,17-18H,8-12H2,(H,23,25)/t17-,18-/m1/s1. The van der Waals surface area contributed by atoms with Gasteiger partial charge in [-0.1, -0.05) is 24.3 Å². The van der Waals surface area contributed by atoms with Gasteiger partial charge in [-0.2, -0.15) is 0 Å². The number of thioether (sulfide) groups is 1. The van der Waals surface area contributed by atoms with E-state index in [1.54, 1.807) is 23.1 Å². The second-order valence-electron chi connectivity index (χ2n) is 6.65. The molecule has 0 unspecified atom stereocenters. The van der Waals surface area contributed by atoms with Crippen molar-refractivity contribution in [2.45, 2.75) is 23.5 Å². The minimum Gasteiger partial charge on any atom is -0.370 e. The van der Waals surface area contributed by atoms with Crippen molar-refractivity contribution in [1.82, 2.24) is 10.2 Å². The van der Waals surface area contributed by atoms with E-state index in [4.69, 9.17) is 4.74 Å². The SMILES string of the molecule is O=C(N[C@@H]1CCSc2c(F)cccc21)N1CCO[C@@H](c2ccc(F)cc2)C1. The third-order valence-electron chi connectivity index (χ3n) is 4.92. The molecule has 0 spiro atoms. The molecule has 2 aliphatic heterocycles. The zero-order valence-electron chi connectivity index (χ0n) is 14.7. The van der Waals surface area contributed by atoms with Crippen LogP contribution in [-0.4, -0.2) is 36.4 Å². The van der Waals surface area contributed by atoms with Crippen molar-refractivity contribution in [1.29, 1.82) is 0 Å². The van der Waals surface area contributed by atoms with Crippen LogP contribution in [-0.2, 0) is 4.74 Å². The molecule has 2 heterocycles. The van der Waals surface area contributed by atoms with Crippen molar-refractivity contribution in [2.24, 2.45) is 0 Å². The summed E-state index contributed by atoms with van der Waals surface area (Å²) < 4.78 is 32.9. The van der Waals surface area contributed by atoms with Crippen LogP contribution in [0.2, 0.25) is 0 Å².